The number of nitrogens with zero attached hydrogens (tertiary/aromatic N) is 2. The van der Waals surface area contributed by atoms with Crippen LogP contribution in [-0.4, -0.2) is 26.0 Å². The zero-order valence-electron chi connectivity index (χ0n) is 12.4. The van der Waals surface area contributed by atoms with Gasteiger partial charge in [-0.2, -0.15) is 10.5 Å². The molecule has 1 aliphatic carbocycles. The van der Waals surface area contributed by atoms with Crippen molar-refractivity contribution in [3.63, 3.8) is 0 Å². The molecular formula is C15H13Cl2N4O2+. The maximum Gasteiger partial charge on any atom is 0.342 e. The largest absolute Gasteiger partial charge is 0.342 e. The Bertz CT molecular complexity index is 809. The van der Waals surface area contributed by atoms with E-state index in [-0.39, 0.29) is 10.9 Å². The summed E-state index contributed by atoms with van der Waals surface area (Å²) in [5, 5.41) is 20.4. The van der Waals surface area contributed by atoms with Crippen LogP contribution in [0.15, 0.2) is 18.2 Å². The van der Waals surface area contributed by atoms with Gasteiger partial charge in [-0.1, -0.05) is 35.3 Å². The van der Waals surface area contributed by atoms with Gasteiger partial charge in [0, 0.05) is 20.1 Å². The van der Waals surface area contributed by atoms with Crippen molar-refractivity contribution in [1.29, 1.82) is 10.5 Å². The SMILES string of the molecule is COC1(OC)[NH+]=C(N)[C@@]2(C#N)[C@H](c3cccc(Cl)c3Cl)[C@@]12C#N. The monoisotopic (exact) mass is 351 g/mol. The van der Waals surface area contributed by atoms with Gasteiger partial charge in [0.05, 0.1) is 22.2 Å². The predicted octanol–water partition coefficient (Wildman–Crippen LogP) is 0.509. The molecule has 1 heterocycles. The summed E-state index contributed by atoms with van der Waals surface area (Å²) in [5.41, 5.74) is 3.93. The van der Waals surface area contributed by atoms with Gasteiger partial charge in [0.2, 0.25) is 0 Å². The van der Waals surface area contributed by atoms with Crippen LogP contribution in [0, 0.1) is 33.5 Å². The molecule has 23 heavy (non-hydrogen) atoms. The van der Waals surface area contributed by atoms with E-state index in [0.29, 0.717) is 10.6 Å². The Labute approximate surface area is 143 Å². The summed E-state index contributed by atoms with van der Waals surface area (Å²) >= 11 is 12.4. The van der Waals surface area contributed by atoms with E-state index in [1.54, 1.807) is 18.2 Å². The minimum Gasteiger partial charge on any atom is -0.317 e. The van der Waals surface area contributed by atoms with Crippen molar-refractivity contribution in [2.75, 3.05) is 14.2 Å². The van der Waals surface area contributed by atoms with Gasteiger partial charge in [0.15, 0.2) is 10.8 Å². The van der Waals surface area contributed by atoms with E-state index in [4.69, 9.17) is 38.4 Å². The summed E-state index contributed by atoms with van der Waals surface area (Å²) < 4.78 is 10.9. The lowest BCUT2D eigenvalue weighted by Crippen LogP contribution is -2.90. The number of hydrogen-bond donors (Lipinski definition) is 2. The molecule has 0 unspecified atom stereocenters. The van der Waals surface area contributed by atoms with Gasteiger partial charge in [-0.15, -0.1) is 0 Å². The number of benzene rings is 1. The second-order valence-corrected chi connectivity index (χ2v) is 6.26. The minimum atomic E-state index is -1.54. The Balaban J connectivity index is 2.30. The molecule has 0 bridgehead atoms. The lowest BCUT2D eigenvalue weighted by molar-refractivity contribution is -0.687. The molecule has 1 saturated carbocycles. The van der Waals surface area contributed by atoms with Gasteiger partial charge in [-0.3, -0.25) is 5.73 Å². The van der Waals surface area contributed by atoms with Crippen LogP contribution in [0.25, 0.3) is 0 Å². The van der Waals surface area contributed by atoms with Crippen LogP contribution in [0.2, 0.25) is 10.0 Å². The quantitative estimate of drug-likeness (QED) is 0.771. The summed E-state index contributed by atoms with van der Waals surface area (Å²) in [6, 6.07) is 9.41. The molecule has 6 nitrogen and oxygen atoms in total. The van der Waals surface area contributed by atoms with Crippen molar-refractivity contribution < 1.29 is 14.5 Å². The van der Waals surface area contributed by atoms with Gasteiger partial charge < -0.3 is 9.47 Å². The Hall–Kier alpha value is -1.83. The summed E-state index contributed by atoms with van der Waals surface area (Å²) in [7, 11) is 2.76. The van der Waals surface area contributed by atoms with E-state index in [1.165, 1.54) is 14.2 Å². The van der Waals surface area contributed by atoms with E-state index in [9.17, 15) is 10.5 Å². The number of rotatable bonds is 3. The first kappa shape index (κ1) is 16.0. The Morgan fingerprint density at radius 3 is 2.39 bits per heavy atom. The third kappa shape index (κ3) is 1.48. The highest BCUT2D eigenvalue weighted by Crippen LogP contribution is 2.79. The molecular weight excluding hydrogens is 339 g/mol. The molecule has 8 heteroatoms. The van der Waals surface area contributed by atoms with E-state index in [2.05, 4.69) is 17.1 Å². The van der Waals surface area contributed by atoms with Crippen molar-refractivity contribution in [1.82, 2.24) is 0 Å². The summed E-state index contributed by atoms with van der Waals surface area (Å²) in [5.74, 6) is -2.05. The number of nitrogens with one attached hydrogen (secondary N) is 1. The summed E-state index contributed by atoms with van der Waals surface area (Å²) in [4.78, 5) is 2.81. The smallest absolute Gasteiger partial charge is 0.317 e. The number of methoxy groups -OCH3 is 2. The number of nitriles is 2. The molecule has 0 aromatic heterocycles. The molecule has 0 amide bonds. The number of halogens is 2. The number of fused-ring (bicyclic) bond motifs is 1. The number of ether oxygens (including phenoxy) is 2. The first-order chi connectivity index (χ1) is 10.9. The van der Waals surface area contributed by atoms with Crippen molar-refractivity contribution in [3.8, 4) is 12.1 Å². The Morgan fingerprint density at radius 1 is 1.22 bits per heavy atom. The fourth-order valence-corrected chi connectivity index (χ4v) is 4.24. The molecule has 1 aromatic rings. The first-order valence-electron chi connectivity index (χ1n) is 6.70. The van der Waals surface area contributed by atoms with Crippen molar-refractivity contribution in [3.05, 3.63) is 33.8 Å². The van der Waals surface area contributed by atoms with Gasteiger partial charge in [-0.25, -0.2) is 4.99 Å². The average molecular weight is 352 g/mol. The van der Waals surface area contributed by atoms with Crippen LogP contribution < -0.4 is 10.7 Å². The molecule has 1 aliphatic heterocycles. The van der Waals surface area contributed by atoms with E-state index in [1.807, 2.05) is 0 Å². The highest BCUT2D eigenvalue weighted by molar-refractivity contribution is 6.42. The van der Waals surface area contributed by atoms with Crippen molar-refractivity contribution >= 4 is 29.0 Å². The highest BCUT2D eigenvalue weighted by atomic mass is 35.5. The first-order valence-corrected chi connectivity index (χ1v) is 7.45. The molecule has 3 N–H and O–H groups in total. The average Bonchev–Trinajstić information content (AvgIpc) is 3.12. The Morgan fingerprint density at radius 2 is 1.87 bits per heavy atom. The van der Waals surface area contributed by atoms with Crippen LogP contribution in [0.3, 0.4) is 0 Å². The molecule has 0 spiro atoms. The number of amidine groups is 1. The number of nitrogens with two attached hydrogens (primary N) is 1. The van der Waals surface area contributed by atoms with Gasteiger partial charge >= 0.3 is 5.91 Å². The Kier molecular flexibility index (Phi) is 3.37. The maximum absolute atomic E-state index is 9.92. The second kappa shape index (κ2) is 4.83. The topological polar surface area (TPSA) is 106 Å². The molecule has 1 fully saturated rings. The van der Waals surface area contributed by atoms with Crippen LogP contribution in [0.1, 0.15) is 11.5 Å². The fourth-order valence-electron chi connectivity index (χ4n) is 3.82. The van der Waals surface area contributed by atoms with E-state index in [0.717, 1.165) is 0 Å². The fraction of sp³-hybridized carbons (Fsp3) is 0.400. The van der Waals surface area contributed by atoms with E-state index < -0.39 is 22.7 Å². The van der Waals surface area contributed by atoms with Crippen molar-refractivity contribution in [2.24, 2.45) is 16.6 Å². The van der Waals surface area contributed by atoms with E-state index >= 15 is 0 Å². The third-order valence-electron chi connectivity index (χ3n) is 4.87. The highest BCUT2D eigenvalue weighted by Gasteiger charge is 2.97. The van der Waals surface area contributed by atoms with Gasteiger partial charge in [-0.05, 0) is 11.6 Å². The van der Waals surface area contributed by atoms with Gasteiger partial charge in [0.25, 0.3) is 5.84 Å². The standard InChI is InChI=1S/C15H12Cl2N4O2/c1-22-15(23-2)14(7-19)11(13(14,6-18)12(20)21-15)8-4-3-5-9(16)10(8)17/h3-5,11H,1-2H3,(H2,20,21)/p+1/t11-,13+,14+/m0/s1. The summed E-state index contributed by atoms with van der Waals surface area (Å²) in [6.45, 7) is 0. The normalized spacial score (nSPS) is 33.3. The van der Waals surface area contributed by atoms with Crippen molar-refractivity contribution in [2.45, 2.75) is 11.8 Å². The minimum absolute atomic E-state index is 0.117. The zero-order valence-corrected chi connectivity index (χ0v) is 13.9. The second-order valence-electron chi connectivity index (χ2n) is 5.48. The predicted molar refractivity (Wildman–Crippen MR) is 82.2 cm³/mol. The van der Waals surface area contributed by atoms with Crippen LogP contribution in [0.5, 0.6) is 0 Å². The molecule has 3 rings (SSSR count). The lowest BCUT2D eigenvalue weighted by Gasteiger charge is -2.27. The van der Waals surface area contributed by atoms with Crippen LogP contribution in [0.4, 0.5) is 0 Å². The zero-order chi connectivity index (χ0) is 17.0. The maximum atomic E-state index is 9.92. The molecule has 118 valence electrons. The molecule has 3 atom stereocenters. The summed E-state index contributed by atoms with van der Waals surface area (Å²) in [6.07, 6.45) is 0. The third-order valence-corrected chi connectivity index (χ3v) is 5.70. The molecule has 0 radical (unpaired) electrons. The number of hydrogen-bond acceptors (Lipinski definition) is 5. The van der Waals surface area contributed by atoms with Gasteiger partial charge in [0.1, 0.15) is 0 Å². The van der Waals surface area contributed by atoms with Crippen LogP contribution >= 0.6 is 23.2 Å². The molecule has 1 aromatic carbocycles. The van der Waals surface area contributed by atoms with Crippen LogP contribution in [-0.2, 0) is 9.47 Å². The lowest BCUT2D eigenvalue weighted by atomic mass is 9.93. The molecule has 2 aliphatic rings. The molecule has 0 saturated heterocycles.